The van der Waals surface area contributed by atoms with Crippen molar-refractivity contribution in [3.63, 3.8) is 0 Å². The summed E-state index contributed by atoms with van der Waals surface area (Å²) in [5, 5.41) is 0. The lowest BCUT2D eigenvalue weighted by atomic mass is 10.2. The van der Waals surface area contributed by atoms with E-state index in [2.05, 4.69) is 4.72 Å². The summed E-state index contributed by atoms with van der Waals surface area (Å²) >= 11 is 0. The lowest BCUT2D eigenvalue weighted by molar-refractivity contribution is 0.174. The van der Waals surface area contributed by atoms with Gasteiger partial charge in [-0.05, 0) is 30.9 Å². The van der Waals surface area contributed by atoms with Crippen molar-refractivity contribution in [1.29, 1.82) is 0 Å². The third kappa shape index (κ3) is 3.01. The maximum Gasteiger partial charge on any atom is 0.241 e. The summed E-state index contributed by atoms with van der Waals surface area (Å²) in [6.07, 6.45) is 2.07. The second-order valence-electron chi connectivity index (χ2n) is 4.82. The van der Waals surface area contributed by atoms with Crippen molar-refractivity contribution in [2.24, 2.45) is 11.7 Å². The van der Waals surface area contributed by atoms with E-state index < -0.39 is 10.0 Å². The van der Waals surface area contributed by atoms with Crippen LogP contribution in [0.15, 0.2) is 23.1 Å². The first-order valence-corrected chi connectivity index (χ1v) is 7.70. The van der Waals surface area contributed by atoms with Crippen LogP contribution in [0.5, 0.6) is 11.5 Å². The zero-order valence-corrected chi connectivity index (χ0v) is 12.4. The average molecular weight is 321 g/mol. The highest BCUT2D eigenvalue weighted by Crippen LogP contribution is 2.35. The summed E-state index contributed by atoms with van der Waals surface area (Å²) < 4.78 is 37.5. The Bertz CT molecular complexity index is 589. The second kappa shape index (κ2) is 5.77. The van der Waals surface area contributed by atoms with E-state index in [0.717, 1.165) is 12.8 Å². The van der Waals surface area contributed by atoms with E-state index in [1.807, 2.05) is 0 Å². The number of hydrogen-bond acceptors (Lipinski definition) is 5. The molecule has 6 nitrogen and oxygen atoms in total. The Morgan fingerprint density at radius 2 is 2.00 bits per heavy atom. The zero-order valence-electron chi connectivity index (χ0n) is 10.7. The lowest BCUT2D eigenvalue weighted by Crippen LogP contribution is -2.41. The summed E-state index contributed by atoms with van der Waals surface area (Å²) in [4.78, 5) is 0.177. The van der Waals surface area contributed by atoms with Gasteiger partial charge in [-0.3, -0.25) is 0 Å². The molecule has 1 aliphatic carbocycles. The summed E-state index contributed by atoms with van der Waals surface area (Å²) in [5.41, 5.74) is 5.62. The number of hydrogen-bond donors (Lipinski definition) is 2. The zero-order chi connectivity index (χ0) is 13.5. The highest BCUT2D eigenvalue weighted by molar-refractivity contribution is 7.89. The molecule has 1 aliphatic heterocycles. The molecule has 3 N–H and O–H groups in total. The number of ether oxygens (including phenoxy) is 2. The van der Waals surface area contributed by atoms with Crippen molar-refractivity contribution in [3.8, 4) is 11.5 Å². The first-order valence-electron chi connectivity index (χ1n) is 6.22. The predicted octanol–water partition coefficient (Wildman–Crippen LogP) is 0.853. The van der Waals surface area contributed by atoms with Gasteiger partial charge in [0.05, 0.1) is 4.90 Å². The summed E-state index contributed by atoms with van der Waals surface area (Å²) in [5.74, 6) is 1.39. The van der Waals surface area contributed by atoms with Gasteiger partial charge in [0.2, 0.25) is 16.8 Å². The molecule has 2 aliphatic rings. The van der Waals surface area contributed by atoms with E-state index in [0.29, 0.717) is 24.0 Å². The van der Waals surface area contributed by atoms with Crippen molar-refractivity contribution < 1.29 is 17.9 Å². The van der Waals surface area contributed by atoms with Gasteiger partial charge >= 0.3 is 0 Å². The van der Waals surface area contributed by atoms with Crippen LogP contribution in [0.1, 0.15) is 12.8 Å². The van der Waals surface area contributed by atoms with E-state index in [9.17, 15) is 8.42 Å². The SMILES string of the molecule is Cl.NCC(NS(=O)(=O)c1ccc2c(c1)OCO2)C1CC1. The molecule has 1 saturated carbocycles. The van der Waals surface area contributed by atoms with Crippen LogP contribution in [0.3, 0.4) is 0 Å². The molecule has 0 spiro atoms. The van der Waals surface area contributed by atoms with E-state index >= 15 is 0 Å². The van der Waals surface area contributed by atoms with E-state index in [4.69, 9.17) is 15.2 Å². The predicted molar refractivity (Wildman–Crippen MR) is 75.7 cm³/mol. The van der Waals surface area contributed by atoms with Crippen molar-refractivity contribution >= 4 is 22.4 Å². The number of rotatable bonds is 5. The molecule has 1 heterocycles. The van der Waals surface area contributed by atoms with Crippen LogP contribution < -0.4 is 19.9 Å². The minimum atomic E-state index is -3.56. The highest BCUT2D eigenvalue weighted by atomic mass is 35.5. The summed E-state index contributed by atoms with van der Waals surface area (Å²) in [6, 6.07) is 4.41. The molecule has 8 heteroatoms. The van der Waals surface area contributed by atoms with E-state index in [1.165, 1.54) is 12.1 Å². The third-order valence-corrected chi connectivity index (χ3v) is 4.89. The highest BCUT2D eigenvalue weighted by Gasteiger charge is 2.33. The molecule has 0 aromatic heterocycles. The van der Waals surface area contributed by atoms with Crippen LogP contribution in [0.4, 0.5) is 0 Å². The molecule has 1 atom stereocenters. The number of nitrogens with two attached hydrogens (primary N) is 1. The molecule has 1 unspecified atom stereocenters. The first-order chi connectivity index (χ1) is 9.10. The topological polar surface area (TPSA) is 90.7 Å². The van der Waals surface area contributed by atoms with Crippen LogP contribution in [-0.4, -0.2) is 27.8 Å². The lowest BCUT2D eigenvalue weighted by Gasteiger charge is -2.16. The first kappa shape index (κ1) is 15.4. The van der Waals surface area contributed by atoms with Crippen molar-refractivity contribution in [2.45, 2.75) is 23.8 Å². The maximum absolute atomic E-state index is 12.3. The average Bonchev–Trinajstić information content (AvgIpc) is 3.13. The molecule has 1 aromatic carbocycles. The van der Waals surface area contributed by atoms with Crippen molar-refractivity contribution in [1.82, 2.24) is 4.72 Å². The normalized spacial score (nSPS) is 18.4. The fourth-order valence-corrected chi connectivity index (χ4v) is 3.48. The summed E-state index contributed by atoms with van der Waals surface area (Å²) in [6.45, 7) is 0.439. The van der Waals surface area contributed by atoms with Gasteiger partial charge in [-0.2, -0.15) is 0 Å². The van der Waals surface area contributed by atoms with Crippen LogP contribution in [0, 0.1) is 5.92 Å². The molecule has 0 saturated heterocycles. The second-order valence-corrected chi connectivity index (χ2v) is 6.53. The molecule has 0 radical (unpaired) electrons. The Hall–Kier alpha value is -1.02. The molecule has 3 rings (SSSR count). The van der Waals surface area contributed by atoms with Gasteiger partial charge < -0.3 is 15.2 Å². The van der Waals surface area contributed by atoms with Gasteiger partial charge in [0.25, 0.3) is 0 Å². The van der Waals surface area contributed by atoms with Gasteiger partial charge in [-0.25, -0.2) is 13.1 Å². The Morgan fingerprint density at radius 1 is 1.30 bits per heavy atom. The van der Waals surface area contributed by atoms with Crippen molar-refractivity contribution in [2.75, 3.05) is 13.3 Å². The maximum atomic E-state index is 12.3. The fourth-order valence-electron chi connectivity index (χ4n) is 2.15. The minimum Gasteiger partial charge on any atom is -0.454 e. The number of fused-ring (bicyclic) bond motifs is 1. The van der Waals surface area contributed by atoms with Gasteiger partial charge in [0.1, 0.15) is 0 Å². The van der Waals surface area contributed by atoms with Gasteiger partial charge in [0, 0.05) is 18.7 Å². The number of benzene rings is 1. The largest absolute Gasteiger partial charge is 0.454 e. The van der Waals surface area contributed by atoms with E-state index in [-0.39, 0.29) is 30.1 Å². The molecule has 112 valence electrons. The molecular weight excluding hydrogens is 304 g/mol. The number of sulfonamides is 1. The van der Waals surface area contributed by atoms with Gasteiger partial charge in [0.15, 0.2) is 11.5 Å². The molecular formula is C12H17ClN2O4S. The Morgan fingerprint density at radius 3 is 2.65 bits per heavy atom. The van der Waals surface area contributed by atoms with Gasteiger partial charge in [-0.15, -0.1) is 12.4 Å². The minimum absolute atomic E-state index is 0. The molecule has 1 aromatic rings. The molecule has 0 amide bonds. The Kier molecular flexibility index (Phi) is 4.43. The fraction of sp³-hybridized carbons (Fsp3) is 0.500. The molecule has 20 heavy (non-hydrogen) atoms. The smallest absolute Gasteiger partial charge is 0.241 e. The standard InChI is InChI=1S/C12H16N2O4S.ClH/c13-6-10(8-1-2-8)14-19(15,16)9-3-4-11-12(5-9)18-7-17-11;/h3-5,8,10,14H,1-2,6-7,13H2;1H. The Labute approximate surface area is 124 Å². The van der Waals surface area contributed by atoms with Crippen molar-refractivity contribution in [3.05, 3.63) is 18.2 Å². The summed E-state index contributed by atoms with van der Waals surface area (Å²) in [7, 11) is -3.56. The molecule has 0 bridgehead atoms. The van der Waals surface area contributed by atoms with Gasteiger partial charge in [-0.1, -0.05) is 0 Å². The van der Waals surface area contributed by atoms with Crippen LogP contribution in [0.25, 0.3) is 0 Å². The third-order valence-electron chi connectivity index (χ3n) is 3.41. The van der Waals surface area contributed by atoms with Crippen LogP contribution >= 0.6 is 12.4 Å². The quantitative estimate of drug-likeness (QED) is 0.839. The number of nitrogens with one attached hydrogen (secondary N) is 1. The monoisotopic (exact) mass is 320 g/mol. The van der Waals surface area contributed by atoms with Crippen LogP contribution in [0.2, 0.25) is 0 Å². The van der Waals surface area contributed by atoms with Crippen LogP contribution in [-0.2, 0) is 10.0 Å². The Balaban J connectivity index is 0.00000147. The van der Waals surface area contributed by atoms with E-state index in [1.54, 1.807) is 6.07 Å². The molecule has 1 fully saturated rings. The number of halogens is 1.